The first-order valence-electron chi connectivity index (χ1n) is 8.92. The molecule has 0 bridgehead atoms. The van der Waals surface area contributed by atoms with Crippen LogP contribution in [0.3, 0.4) is 0 Å². The van der Waals surface area contributed by atoms with Crippen LogP contribution in [0.1, 0.15) is 22.7 Å². The predicted octanol–water partition coefficient (Wildman–Crippen LogP) is 2.58. The normalized spacial score (nSPS) is 18.2. The van der Waals surface area contributed by atoms with Crippen molar-refractivity contribution >= 4 is 16.6 Å². The monoisotopic (exact) mass is 363 g/mol. The zero-order chi connectivity index (χ0) is 19.0. The Balaban J connectivity index is 2.00. The molecule has 6 heteroatoms. The summed E-state index contributed by atoms with van der Waals surface area (Å²) >= 11 is 0. The van der Waals surface area contributed by atoms with Crippen LogP contribution in [0.15, 0.2) is 59.7 Å². The maximum Gasteiger partial charge on any atom is 0.184 e. The maximum absolute atomic E-state index is 14.9. The molecule has 2 heterocycles. The van der Waals surface area contributed by atoms with E-state index in [4.69, 9.17) is 4.99 Å². The van der Waals surface area contributed by atoms with Gasteiger partial charge in [-0.3, -0.25) is 15.6 Å². The van der Waals surface area contributed by atoms with Gasteiger partial charge in [-0.2, -0.15) is 0 Å². The maximum atomic E-state index is 14.9. The second-order valence-electron chi connectivity index (χ2n) is 6.57. The molecule has 27 heavy (non-hydrogen) atoms. The number of pyridine rings is 1. The number of para-hydroxylation sites is 1. The van der Waals surface area contributed by atoms with Gasteiger partial charge in [-0.15, -0.1) is 0 Å². The number of hydrogen-bond acceptors (Lipinski definition) is 5. The van der Waals surface area contributed by atoms with Gasteiger partial charge >= 0.3 is 0 Å². The summed E-state index contributed by atoms with van der Waals surface area (Å²) in [5.41, 5.74) is 3.83. The quantitative estimate of drug-likeness (QED) is 0.624. The Morgan fingerprint density at radius 1 is 1.00 bits per heavy atom. The molecular formula is C21H22FN5. The summed E-state index contributed by atoms with van der Waals surface area (Å²) in [6, 6.07) is 14.7. The van der Waals surface area contributed by atoms with Crippen molar-refractivity contribution in [2.24, 2.45) is 4.99 Å². The van der Waals surface area contributed by atoms with Gasteiger partial charge in [0, 0.05) is 28.3 Å². The van der Waals surface area contributed by atoms with Crippen molar-refractivity contribution in [3.05, 3.63) is 77.2 Å². The largest absolute Gasteiger partial charge is 0.309 e. The van der Waals surface area contributed by atoms with E-state index < -0.39 is 5.79 Å². The molecule has 5 nitrogen and oxygen atoms in total. The Kier molecular flexibility index (Phi) is 4.47. The van der Waals surface area contributed by atoms with Crippen LogP contribution < -0.4 is 16.0 Å². The molecule has 0 aliphatic carbocycles. The molecule has 0 spiro atoms. The molecule has 1 atom stereocenters. The van der Waals surface area contributed by atoms with E-state index in [0.717, 1.165) is 22.0 Å². The van der Waals surface area contributed by atoms with Crippen LogP contribution in [-0.4, -0.2) is 37.6 Å². The van der Waals surface area contributed by atoms with Crippen molar-refractivity contribution in [1.82, 2.24) is 20.9 Å². The third kappa shape index (κ3) is 2.73. The number of likely N-dealkylation sites (N-methyl/N-ethyl adjacent to an activating group) is 3. The van der Waals surface area contributed by atoms with Gasteiger partial charge in [0.2, 0.25) is 0 Å². The van der Waals surface area contributed by atoms with Crippen LogP contribution in [-0.2, 0) is 0 Å². The van der Waals surface area contributed by atoms with Crippen LogP contribution in [0.2, 0.25) is 0 Å². The lowest BCUT2D eigenvalue weighted by atomic mass is 9.86. The van der Waals surface area contributed by atoms with Gasteiger partial charge in [0.05, 0.1) is 17.3 Å². The van der Waals surface area contributed by atoms with Gasteiger partial charge < -0.3 is 5.32 Å². The van der Waals surface area contributed by atoms with E-state index in [1.807, 2.05) is 57.5 Å². The van der Waals surface area contributed by atoms with Gasteiger partial charge in [0.1, 0.15) is 5.82 Å². The molecule has 2 aromatic carbocycles. The molecule has 138 valence electrons. The van der Waals surface area contributed by atoms with Gasteiger partial charge in [-0.25, -0.2) is 9.38 Å². The molecule has 0 fully saturated rings. The molecule has 1 aliphatic heterocycles. The second-order valence-corrected chi connectivity index (χ2v) is 6.57. The summed E-state index contributed by atoms with van der Waals surface area (Å²) in [6.07, 6.45) is 1.80. The minimum absolute atomic E-state index is 0.261. The van der Waals surface area contributed by atoms with E-state index in [9.17, 15) is 4.39 Å². The molecule has 3 aromatic rings. The molecule has 1 aliphatic rings. The number of aliphatic imine (C=N–C) groups is 1. The highest BCUT2D eigenvalue weighted by Gasteiger charge is 2.43. The fourth-order valence-electron chi connectivity index (χ4n) is 3.85. The third-order valence-electron chi connectivity index (χ3n) is 5.22. The Bertz CT molecular complexity index is 1030. The molecule has 0 saturated carbocycles. The molecule has 3 N–H and O–H groups in total. The molecule has 1 unspecified atom stereocenters. The lowest BCUT2D eigenvalue weighted by molar-refractivity contribution is 0.218. The molecule has 0 saturated heterocycles. The summed E-state index contributed by atoms with van der Waals surface area (Å²) in [5.74, 6) is -1.15. The molecule has 4 rings (SSSR count). The summed E-state index contributed by atoms with van der Waals surface area (Å²) < 4.78 is 14.9. The first-order chi connectivity index (χ1) is 13.1. The number of nitrogens with one attached hydrogen (secondary N) is 3. The van der Waals surface area contributed by atoms with Crippen molar-refractivity contribution in [1.29, 1.82) is 0 Å². The van der Waals surface area contributed by atoms with Crippen molar-refractivity contribution < 1.29 is 4.39 Å². The Morgan fingerprint density at radius 3 is 2.52 bits per heavy atom. The van der Waals surface area contributed by atoms with Crippen molar-refractivity contribution in [3.8, 4) is 0 Å². The number of nitrogens with zero attached hydrogens (tertiary/aromatic N) is 2. The summed E-state index contributed by atoms with van der Waals surface area (Å²) in [6.45, 7) is 0. The van der Waals surface area contributed by atoms with Crippen LogP contribution in [0.5, 0.6) is 0 Å². The van der Waals surface area contributed by atoms with Crippen LogP contribution >= 0.6 is 0 Å². The predicted molar refractivity (Wildman–Crippen MR) is 106 cm³/mol. The average molecular weight is 363 g/mol. The highest BCUT2D eigenvalue weighted by atomic mass is 19.1. The summed E-state index contributed by atoms with van der Waals surface area (Å²) in [5, 5.41) is 10.7. The van der Waals surface area contributed by atoms with E-state index >= 15 is 0 Å². The van der Waals surface area contributed by atoms with Crippen LogP contribution in [0.4, 0.5) is 4.39 Å². The average Bonchev–Trinajstić information content (AvgIpc) is 2.72. The van der Waals surface area contributed by atoms with Gasteiger partial charge in [-0.05, 0) is 39.3 Å². The number of benzene rings is 2. The smallest absolute Gasteiger partial charge is 0.184 e. The minimum Gasteiger partial charge on any atom is -0.309 e. The minimum atomic E-state index is -0.884. The number of aromatic nitrogens is 1. The zero-order valence-electron chi connectivity index (χ0n) is 15.5. The topological polar surface area (TPSA) is 61.3 Å². The Morgan fingerprint density at radius 2 is 1.78 bits per heavy atom. The zero-order valence-corrected chi connectivity index (χ0v) is 15.5. The Labute approximate surface area is 157 Å². The lowest BCUT2D eigenvalue weighted by Gasteiger charge is -2.42. The Hall–Kier alpha value is -2.67. The summed E-state index contributed by atoms with van der Waals surface area (Å²) in [4.78, 5) is 9.55. The molecular weight excluding hydrogens is 341 g/mol. The van der Waals surface area contributed by atoms with Crippen LogP contribution in [0, 0.1) is 5.82 Å². The third-order valence-corrected chi connectivity index (χ3v) is 5.22. The molecule has 0 amide bonds. The molecule has 1 aromatic heterocycles. The lowest BCUT2D eigenvalue weighted by Crippen LogP contribution is -2.62. The highest BCUT2D eigenvalue weighted by molar-refractivity contribution is 6.15. The van der Waals surface area contributed by atoms with E-state index in [2.05, 4.69) is 20.9 Å². The standard InChI is InChI=1S/C21H22FN5/c1-23-20-18-15(8-6-9-16(18)22)19(27-21(20,24-2)25-3)14-11-13-7-4-5-10-17(13)26-12-14/h4-12,20,23-25H,1-3H3. The van der Waals surface area contributed by atoms with Gasteiger partial charge in [0.15, 0.2) is 5.79 Å². The second kappa shape index (κ2) is 6.81. The highest BCUT2D eigenvalue weighted by Crippen LogP contribution is 2.36. The number of halogens is 1. The van der Waals surface area contributed by atoms with Gasteiger partial charge in [-0.1, -0.05) is 30.3 Å². The van der Waals surface area contributed by atoms with E-state index in [1.165, 1.54) is 6.07 Å². The first kappa shape index (κ1) is 17.7. The number of rotatable bonds is 4. The number of hydrogen-bond donors (Lipinski definition) is 3. The van der Waals surface area contributed by atoms with Crippen LogP contribution in [0.25, 0.3) is 10.9 Å². The summed E-state index contributed by atoms with van der Waals surface area (Å²) in [7, 11) is 5.43. The van der Waals surface area contributed by atoms with E-state index in [-0.39, 0.29) is 11.9 Å². The fraction of sp³-hybridized carbons (Fsp3) is 0.238. The number of fused-ring (bicyclic) bond motifs is 2. The van der Waals surface area contributed by atoms with Crippen molar-refractivity contribution in [3.63, 3.8) is 0 Å². The fourth-order valence-corrected chi connectivity index (χ4v) is 3.85. The first-order valence-corrected chi connectivity index (χ1v) is 8.92. The van der Waals surface area contributed by atoms with Crippen molar-refractivity contribution in [2.75, 3.05) is 21.1 Å². The molecule has 0 radical (unpaired) electrons. The van der Waals surface area contributed by atoms with Gasteiger partial charge in [0.25, 0.3) is 0 Å². The van der Waals surface area contributed by atoms with Crippen molar-refractivity contribution in [2.45, 2.75) is 11.8 Å². The van der Waals surface area contributed by atoms with E-state index in [1.54, 1.807) is 12.3 Å². The SMILES string of the molecule is CNC1c2c(F)cccc2C(c2cnc3ccccc3c2)=NC1(NC)NC. The van der Waals surface area contributed by atoms with E-state index in [0.29, 0.717) is 11.3 Å².